The van der Waals surface area contributed by atoms with Crippen molar-refractivity contribution in [3.63, 3.8) is 0 Å². The van der Waals surface area contributed by atoms with Crippen LogP contribution in [0.1, 0.15) is 22.8 Å². The van der Waals surface area contributed by atoms with Crippen molar-refractivity contribution in [2.75, 3.05) is 13.7 Å². The summed E-state index contributed by atoms with van der Waals surface area (Å²) in [5.41, 5.74) is 3.83. The molecule has 29 heavy (non-hydrogen) atoms. The zero-order valence-corrected chi connectivity index (χ0v) is 16.0. The molecule has 0 amide bonds. The molecule has 1 aliphatic heterocycles. The maximum absolute atomic E-state index is 10.4. The van der Waals surface area contributed by atoms with Gasteiger partial charge in [0.25, 0.3) is 0 Å². The number of nitrogens with one attached hydrogen (secondary N) is 1. The smallest absolute Gasteiger partial charge is 0.118 e. The topological polar surface area (TPSA) is 115 Å². The van der Waals surface area contributed by atoms with Crippen molar-refractivity contribution in [2.24, 2.45) is 0 Å². The van der Waals surface area contributed by atoms with Crippen LogP contribution in [-0.4, -0.2) is 63.5 Å². The number of aromatic nitrogens is 1. The van der Waals surface area contributed by atoms with Gasteiger partial charge < -0.3 is 34.9 Å². The lowest BCUT2D eigenvalue weighted by molar-refractivity contribution is -0.231. The van der Waals surface area contributed by atoms with Gasteiger partial charge in [0.1, 0.15) is 36.3 Å². The Kier molecular flexibility index (Phi) is 5.58. The summed E-state index contributed by atoms with van der Waals surface area (Å²) in [5, 5.41) is 40.9. The van der Waals surface area contributed by atoms with E-state index in [2.05, 4.69) is 4.98 Å². The van der Waals surface area contributed by atoms with Gasteiger partial charge in [-0.05, 0) is 47.4 Å². The molecule has 2 heterocycles. The van der Waals surface area contributed by atoms with E-state index >= 15 is 0 Å². The van der Waals surface area contributed by atoms with E-state index in [4.69, 9.17) is 9.47 Å². The summed E-state index contributed by atoms with van der Waals surface area (Å²) in [6, 6.07) is 13.5. The summed E-state index contributed by atoms with van der Waals surface area (Å²) < 4.78 is 10.9. The number of benzene rings is 2. The highest BCUT2D eigenvalue weighted by Crippen LogP contribution is 2.34. The van der Waals surface area contributed by atoms with Gasteiger partial charge in [0.2, 0.25) is 0 Å². The summed E-state index contributed by atoms with van der Waals surface area (Å²) >= 11 is 0. The molecule has 5 atom stereocenters. The summed E-state index contributed by atoms with van der Waals surface area (Å²) in [4.78, 5) is 3.25. The van der Waals surface area contributed by atoms with Crippen LogP contribution in [0.5, 0.6) is 5.75 Å². The van der Waals surface area contributed by atoms with E-state index in [1.165, 1.54) is 0 Å². The van der Waals surface area contributed by atoms with Crippen LogP contribution in [0.25, 0.3) is 10.9 Å². The third kappa shape index (κ3) is 3.75. The number of fused-ring (bicyclic) bond motifs is 1. The molecule has 7 heteroatoms. The van der Waals surface area contributed by atoms with E-state index in [-0.39, 0.29) is 0 Å². The van der Waals surface area contributed by atoms with Crippen molar-refractivity contribution in [1.29, 1.82) is 0 Å². The molecular weight excluding hydrogens is 374 g/mol. The van der Waals surface area contributed by atoms with Crippen LogP contribution in [0.3, 0.4) is 0 Å². The van der Waals surface area contributed by atoms with Gasteiger partial charge in [-0.15, -0.1) is 0 Å². The van der Waals surface area contributed by atoms with Crippen molar-refractivity contribution < 1.29 is 29.9 Å². The molecule has 154 valence electrons. The van der Waals surface area contributed by atoms with Gasteiger partial charge >= 0.3 is 0 Å². The van der Waals surface area contributed by atoms with Crippen molar-refractivity contribution >= 4 is 10.9 Å². The lowest BCUT2D eigenvalue weighted by Gasteiger charge is -2.40. The van der Waals surface area contributed by atoms with Gasteiger partial charge in [0.15, 0.2) is 0 Å². The minimum Gasteiger partial charge on any atom is -0.497 e. The molecular formula is C22H25NO6. The van der Waals surface area contributed by atoms with Crippen LogP contribution in [0.2, 0.25) is 0 Å². The minimum atomic E-state index is -1.40. The fourth-order valence-electron chi connectivity index (χ4n) is 3.86. The number of aliphatic hydroxyl groups is 4. The van der Waals surface area contributed by atoms with Gasteiger partial charge in [0, 0.05) is 17.1 Å². The van der Waals surface area contributed by atoms with Crippen LogP contribution < -0.4 is 4.74 Å². The Morgan fingerprint density at radius 3 is 2.45 bits per heavy atom. The Hall–Kier alpha value is -2.42. The summed E-state index contributed by atoms with van der Waals surface area (Å²) in [6.07, 6.45) is -3.18. The second kappa shape index (κ2) is 8.14. The third-order valence-electron chi connectivity index (χ3n) is 5.57. The molecule has 0 radical (unpaired) electrons. The maximum Gasteiger partial charge on any atom is 0.118 e. The average Bonchev–Trinajstić information content (AvgIpc) is 3.15. The predicted octanol–water partition coefficient (Wildman–Crippen LogP) is 1.28. The first-order valence-electron chi connectivity index (χ1n) is 9.55. The Morgan fingerprint density at radius 2 is 1.76 bits per heavy atom. The second-order valence-corrected chi connectivity index (χ2v) is 7.39. The number of ether oxygens (including phenoxy) is 2. The van der Waals surface area contributed by atoms with Crippen LogP contribution in [-0.2, 0) is 11.2 Å². The first-order valence-corrected chi connectivity index (χ1v) is 9.55. The van der Waals surface area contributed by atoms with E-state index in [1.807, 2.05) is 48.7 Å². The number of aliphatic hydroxyl groups excluding tert-OH is 4. The van der Waals surface area contributed by atoms with Crippen molar-refractivity contribution in [3.8, 4) is 5.75 Å². The molecule has 7 nitrogen and oxygen atoms in total. The molecule has 1 fully saturated rings. The van der Waals surface area contributed by atoms with E-state index < -0.39 is 37.1 Å². The average molecular weight is 399 g/mol. The van der Waals surface area contributed by atoms with Crippen molar-refractivity contribution in [2.45, 2.75) is 36.9 Å². The number of aromatic amines is 1. The van der Waals surface area contributed by atoms with Crippen LogP contribution in [0, 0.1) is 0 Å². The fraction of sp³-hybridized carbons (Fsp3) is 0.364. The van der Waals surface area contributed by atoms with E-state index in [9.17, 15) is 20.4 Å². The quantitative estimate of drug-likeness (QED) is 0.442. The molecule has 5 N–H and O–H groups in total. The molecule has 1 aliphatic rings. The Bertz CT molecular complexity index is 967. The summed E-state index contributed by atoms with van der Waals surface area (Å²) in [5.74, 6) is 0.803. The highest BCUT2D eigenvalue weighted by molar-refractivity contribution is 5.84. The molecule has 5 unspecified atom stereocenters. The number of hydrogen-bond acceptors (Lipinski definition) is 6. The highest BCUT2D eigenvalue weighted by Gasteiger charge is 2.43. The molecule has 0 spiro atoms. The standard InChI is InChI=1S/C22H25NO6/c1-28-15-5-2-12(3-6-15)8-14-10-23-17-7-4-13(9-16(14)17)22-21(27)20(26)19(25)18(11-24)29-22/h2-7,9-10,18-27H,8,11H2,1H3. The van der Waals surface area contributed by atoms with Crippen LogP contribution in [0.15, 0.2) is 48.7 Å². The van der Waals surface area contributed by atoms with Crippen molar-refractivity contribution in [3.05, 3.63) is 65.4 Å². The minimum absolute atomic E-state index is 0.448. The molecule has 1 aromatic heterocycles. The number of H-pyrrole nitrogens is 1. The number of methoxy groups -OCH3 is 1. The zero-order valence-electron chi connectivity index (χ0n) is 16.0. The fourth-order valence-corrected chi connectivity index (χ4v) is 3.86. The molecule has 2 aromatic carbocycles. The third-order valence-corrected chi connectivity index (χ3v) is 5.57. The lowest BCUT2D eigenvalue weighted by Crippen LogP contribution is -2.55. The second-order valence-electron chi connectivity index (χ2n) is 7.39. The normalized spacial score (nSPS) is 27.3. The molecule has 3 aromatic rings. The largest absolute Gasteiger partial charge is 0.497 e. The van der Waals surface area contributed by atoms with E-state index in [0.717, 1.165) is 27.8 Å². The Labute approximate surface area is 168 Å². The number of rotatable bonds is 5. The summed E-state index contributed by atoms with van der Waals surface area (Å²) in [7, 11) is 1.63. The monoisotopic (exact) mass is 399 g/mol. The Morgan fingerprint density at radius 1 is 1.00 bits per heavy atom. The molecule has 4 rings (SSSR count). The Balaban J connectivity index is 1.64. The molecule has 0 saturated carbocycles. The maximum atomic E-state index is 10.4. The number of hydrogen-bond donors (Lipinski definition) is 5. The van der Waals surface area contributed by atoms with Gasteiger partial charge in [-0.3, -0.25) is 0 Å². The van der Waals surface area contributed by atoms with Gasteiger partial charge in [-0.25, -0.2) is 0 Å². The van der Waals surface area contributed by atoms with Gasteiger partial charge in [-0.1, -0.05) is 18.2 Å². The van der Waals surface area contributed by atoms with Crippen LogP contribution >= 0.6 is 0 Å². The SMILES string of the molecule is COc1ccc(Cc2c[nH]c3ccc(C4OC(CO)C(O)C(O)C4O)cc23)cc1. The first-order chi connectivity index (χ1) is 14.0. The van der Waals surface area contributed by atoms with E-state index in [0.29, 0.717) is 12.0 Å². The highest BCUT2D eigenvalue weighted by atomic mass is 16.5. The molecule has 1 saturated heterocycles. The van der Waals surface area contributed by atoms with E-state index in [1.54, 1.807) is 7.11 Å². The predicted molar refractivity (Wildman–Crippen MR) is 107 cm³/mol. The van der Waals surface area contributed by atoms with Crippen LogP contribution in [0.4, 0.5) is 0 Å². The van der Waals surface area contributed by atoms with Gasteiger partial charge in [0.05, 0.1) is 13.7 Å². The molecule has 0 aliphatic carbocycles. The molecule has 0 bridgehead atoms. The van der Waals surface area contributed by atoms with Gasteiger partial charge in [-0.2, -0.15) is 0 Å². The summed E-state index contributed by atoms with van der Waals surface area (Å²) in [6.45, 7) is -0.448. The zero-order chi connectivity index (χ0) is 20.5. The first kappa shape index (κ1) is 19.9. The lowest BCUT2D eigenvalue weighted by atomic mass is 9.90. The van der Waals surface area contributed by atoms with Crippen molar-refractivity contribution in [1.82, 2.24) is 4.98 Å².